The van der Waals surface area contributed by atoms with Crippen LogP contribution in [0.4, 0.5) is 0 Å². The summed E-state index contributed by atoms with van der Waals surface area (Å²) in [5, 5.41) is 10.4. The third kappa shape index (κ3) is 11.9. The standard InChI is InChI=1S/C24H42N8O5S/c1-13(2)8-17(22(35)31-16(21(26)34)6-7-38-5)32-23(36)18(9-15-10-27-12-29-15)30-19(33)11-28-24(37)20(25)14(3)4/h10,12-14,16-18,20H,6-9,11,25H2,1-5H3,(H2,26,34)(H,27,29)(H,28,37)(H,30,33)(H,31,35)(H,32,36)/t16-,17-,18-,20-/m0/s1. The van der Waals surface area contributed by atoms with Gasteiger partial charge in [0.2, 0.25) is 29.5 Å². The Hall–Kier alpha value is -3.13. The molecule has 1 heterocycles. The van der Waals surface area contributed by atoms with Gasteiger partial charge in [-0.1, -0.05) is 27.7 Å². The van der Waals surface area contributed by atoms with Gasteiger partial charge in [-0.3, -0.25) is 24.0 Å². The molecule has 0 bridgehead atoms. The molecule has 0 aliphatic heterocycles. The van der Waals surface area contributed by atoms with Gasteiger partial charge in [0.05, 0.1) is 18.9 Å². The topological polar surface area (TPSA) is 214 Å². The summed E-state index contributed by atoms with van der Waals surface area (Å²) in [6, 6.07) is -3.70. The van der Waals surface area contributed by atoms with E-state index in [0.717, 1.165) is 0 Å². The Morgan fingerprint density at radius 1 is 0.974 bits per heavy atom. The van der Waals surface area contributed by atoms with Crippen molar-refractivity contribution in [3.8, 4) is 0 Å². The molecule has 9 N–H and O–H groups in total. The van der Waals surface area contributed by atoms with Crippen LogP contribution in [0.25, 0.3) is 0 Å². The van der Waals surface area contributed by atoms with Crippen LogP contribution in [0.2, 0.25) is 0 Å². The van der Waals surface area contributed by atoms with E-state index in [-0.39, 0.29) is 24.8 Å². The number of nitrogens with two attached hydrogens (primary N) is 2. The second-order valence-corrected chi connectivity index (χ2v) is 10.8. The van der Waals surface area contributed by atoms with Crippen LogP contribution in [0, 0.1) is 11.8 Å². The molecular weight excluding hydrogens is 512 g/mol. The Morgan fingerprint density at radius 3 is 2.13 bits per heavy atom. The number of aromatic nitrogens is 2. The van der Waals surface area contributed by atoms with Gasteiger partial charge in [0, 0.05) is 18.3 Å². The van der Waals surface area contributed by atoms with Crippen LogP contribution in [-0.4, -0.2) is 82.2 Å². The van der Waals surface area contributed by atoms with Gasteiger partial charge in [0.25, 0.3) is 0 Å². The first-order chi connectivity index (χ1) is 17.8. The molecule has 0 aromatic carbocycles. The lowest BCUT2D eigenvalue weighted by Gasteiger charge is -2.25. The molecule has 0 saturated carbocycles. The van der Waals surface area contributed by atoms with E-state index >= 15 is 0 Å². The number of hydrogen-bond acceptors (Lipinski definition) is 8. The molecule has 4 atom stereocenters. The van der Waals surface area contributed by atoms with E-state index in [0.29, 0.717) is 24.3 Å². The molecule has 14 heteroatoms. The molecule has 0 saturated heterocycles. The highest BCUT2D eigenvalue weighted by atomic mass is 32.2. The molecule has 0 unspecified atom stereocenters. The van der Waals surface area contributed by atoms with Crippen molar-refractivity contribution in [1.29, 1.82) is 0 Å². The summed E-state index contributed by atoms with van der Waals surface area (Å²) in [6.07, 6.45) is 5.53. The second kappa shape index (κ2) is 16.7. The first-order valence-corrected chi connectivity index (χ1v) is 13.9. The van der Waals surface area contributed by atoms with Crippen LogP contribution in [0.5, 0.6) is 0 Å². The highest BCUT2D eigenvalue weighted by molar-refractivity contribution is 7.98. The quantitative estimate of drug-likeness (QED) is 0.124. The van der Waals surface area contributed by atoms with Crippen molar-refractivity contribution in [2.45, 2.75) is 71.1 Å². The number of rotatable bonds is 17. The van der Waals surface area contributed by atoms with Gasteiger partial charge in [0.1, 0.15) is 18.1 Å². The predicted molar refractivity (Wildman–Crippen MR) is 146 cm³/mol. The summed E-state index contributed by atoms with van der Waals surface area (Å²) >= 11 is 1.51. The highest BCUT2D eigenvalue weighted by Gasteiger charge is 2.30. The maximum Gasteiger partial charge on any atom is 0.243 e. The Morgan fingerprint density at radius 2 is 1.61 bits per heavy atom. The van der Waals surface area contributed by atoms with E-state index in [1.807, 2.05) is 20.1 Å². The summed E-state index contributed by atoms with van der Waals surface area (Å²) in [7, 11) is 0. The third-order valence-corrected chi connectivity index (χ3v) is 6.33. The van der Waals surface area contributed by atoms with E-state index < -0.39 is 53.7 Å². The largest absolute Gasteiger partial charge is 0.368 e. The molecule has 0 spiro atoms. The van der Waals surface area contributed by atoms with Gasteiger partial charge < -0.3 is 37.7 Å². The number of carbonyl (C=O) groups is 5. The number of aromatic amines is 1. The van der Waals surface area contributed by atoms with Gasteiger partial charge >= 0.3 is 0 Å². The number of primary amides is 1. The first kappa shape index (κ1) is 32.9. The molecule has 1 aromatic heterocycles. The molecule has 214 valence electrons. The van der Waals surface area contributed by atoms with E-state index in [9.17, 15) is 24.0 Å². The van der Waals surface area contributed by atoms with Crippen molar-refractivity contribution in [3.63, 3.8) is 0 Å². The smallest absolute Gasteiger partial charge is 0.243 e. The monoisotopic (exact) mass is 554 g/mol. The highest BCUT2D eigenvalue weighted by Crippen LogP contribution is 2.09. The zero-order chi connectivity index (χ0) is 28.8. The van der Waals surface area contributed by atoms with Gasteiger partial charge in [0.15, 0.2) is 0 Å². The second-order valence-electron chi connectivity index (χ2n) is 9.82. The van der Waals surface area contributed by atoms with Crippen LogP contribution in [0.1, 0.15) is 46.2 Å². The minimum absolute atomic E-state index is 0.0327. The summed E-state index contributed by atoms with van der Waals surface area (Å²) in [4.78, 5) is 69.7. The average Bonchev–Trinajstić information content (AvgIpc) is 3.36. The van der Waals surface area contributed by atoms with Crippen LogP contribution >= 0.6 is 11.8 Å². The van der Waals surface area contributed by atoms with Crippen molar-refractivity contribution in [3.05, 3.63) is 18.2 Å². The number of imidazole rings is 1. The molecule has 1 aromatic rings. The molecule has 0 fully saturated rings. The molecule has 1 rings (SSSR count). The lowest BCUT2D eigenvalue weighted by atomic mass is 10.0. The minimum Gasteiger partial charge on any atom is -0.368 e. The number of hydrogen-bond donors (Lipinski definition) is 7. The first-order valence-electron chi connectivity index (χ1n) is 12.5. The number of nitrogens with one attached hydrogen (secondary N) is 5. The Bertz CT molecular complexity index is 925. The minimum atomic E-state index is -1.08. The SMILES string of the molecule is CSCC[C@H](NC(=O)[C@H](CC(C)C)NC(=O)[C@H](Cc1cnc[nH]1)NC(=O)CNC(=O)[C@@H](N)C(C)C)C(N)=O. The van der Waals surface area contributed by atoms with Crippen molar-refractivity contribution in [2.75, 3.05) is 18.6 Å². The van der Waals surface area contributed by atoms with Crippen molar-refractivity contribution >= 4 is 41.3 Å². The Balaban J connectivity index is 2.98. The summed E-state index contributed by atoms with van der Waals surface area (Å²) in [5.74, 6) is -2.37. The zero-order valence-electron chi connectivity index (χ0n) is 22.7. The van der Waals surface area contributed by atoms with Crippen molar-refractivity contribution in [2.24, 2.45) is 23.3 Å². The molecule has 0 aliphatic carbocycles. The van der Waals surface area contributed by atoms with Crippen LogP contribution < -0.4 is 32.7 Å². The normalized spacial score (nSPS) is 14.3. The van der Waals surface area contributed by atoms with Crippen molar-refractivity contribution in [1.82, 2.24) is 31.2 Å². The van der Waals surface area contributed by atoms with Gasteiger partial charge in [-0.05, 0) is 36.7 Å². The lowest BCUT2D eigenvalue weighted by molar-refractivity contribution is -0.133. The zero-order valence-corrected chi connectivity index (χ0v) is 23.5. The number of carbonyl (C=O) groups excluding carboxylic acids is 5. The van der Waals surface area contributed by atoms with E-state index in [1.54, 1.807) is 13.8 Å². The fourth-order valence-corrected chi connectivity index (χ4v) is 3.90. The van der Waals surface area contributed by atoms with Gasteiger partial charge in [-0.2, -0.15) is 11.8 Å². The molecule has 38 heavy (non-hydrogen) atoms. The van der Waals surface area contributed by atoms with Crippen LogP contribution in [-0.2, 0) is 30.4 Å². The van der Waals surface area contributed by atoms with Gasteiger partial charge in [-0.25, -0.2) is 4.98 Å². The number of thioether (sulfide) groups is 1. The van der Waals surface area contributed by atoms with E-state index in [4.69, 9.17) is 11.5 Å². The molecule has 13 nitrogen and oxygen atoms in total. The molecule has 0 radical (unpaired) electrons. The van der Waals surface area contributed by atoms with Crippen LogP contribution in [0.15, 0.2) is 12.5 Å². The fourth-order valence-electron chi connectivity index (χ4n) is 3.43. The maximum absolute atomic E-state index is 13.3. The molecule has 0 aliphatic rings. The summed E-state index contributed by atoms with van der Waals surface area (Å²) in [5.41, 5.74) is 11.8. The number of amides is 5. The van der Waals surface area contributed by atoms with E-state index in [2.05, 4.69) is 31.2 Å². The average molecular weight is 555 g/mol. The Labute approximate surface area is 227 Å². The number of H-pyrrole nitrogens is 1. The third-order valence-electron chi connectivity index (χ3n) is 5.69. The maximum atomic E-state index is 13.3. The molecular formula is C24H42N8O5S. The van der Waals surface area contributed by atoms with Crippen molar-refractivity contribution < 1.29 is 24.0 Å². The Kier molecular flexibility index (Phi) is 14.4. The van der Waals surface area contributed by atoms with E-state index in [1.165, 1.54) is 24.3 Å². The molecule has 5 amide bonds. The lowest BCUT2D eigenvalue weighted by Crippen LogP contribution is -2.58. The number of nitrogens with zero attached hydrogens (tertiary/aromatic N) is 1. The van der Waals surface area contributed by atoms with Crippen LogP contribution in [0.3, 0.4) is 0 Å². The fraction of sp³-hybridized carbons (Fsp3) is 0.667. The predicted octanol–water partition coefficient (Wildman–Crippen LogP) is -1.21. The van der Waals surface area contributed by atoms with Gasteiger partial charge in [-0.15, -0.1) is 0 Å². The summed E-state index contributed by atoms with van der Waals surface area (Å²) < 4.78 is 0. The summed E-state index contributed by atoms with van der Waals surface area (Å²) in [6.45, 7) is 6.97.